The highest BCUT2D eigenvalue weighted by atomic mass is 35.5. The SMILES string of the molecule is CCCC(CCC)N1CCc2c(C)nc3c(-c4ccc(Cl)cc4Cl)c(C)nn3c21. The van der Waals surface area contributed by atoms with Crippen molar-refractivity contribution in [2.45, 2.75) is 65.8 Å². The number of nitrogens with zero attached hydrogens (tertiary/aromatic N) is 4. The Labute approximate surface area is 182 Å². The van der Waals surface area contributed by atoms with Gasteiger partial charge in [-0.3, -0.25) is 0 Å². The normalized spacial score (nSPS) is 13.7. The largest absolute Gasteiger partial charge is 0.353 e. The minimum Gasteiger partial charge on any atom is -0.353 e. The van der Waals surface area contributed by atoms with Crippen LogP contribution in [0.25, 0.3) is 16.8 Å². The lowest BCUT2D eigenvalue weighted by Crippen LogP contribution is -2.35. The summed E-state index contributed by atoms with van der Waals surface area (Å²) in [6.07, 6.45) is 5.81. The number of fused-ring (bicyclic) bond motifs is 3. The van der Waals surface area contributed by atoms with E-state index in [2.05, 4.69) is 30.2 Å². The molecular weight excluding hydrogens is 403 g/mol. The van der Waals surface area contributed by atoms with Gasteiger partial charge in [-0.15, -0.1) is 0 Å². The van der Waals surface area contributed by atoms with Gasteiger partial charge in [-0.2, -0.15) is 9.61 Å². The summed E-state index contributed by atoms with van der Waals surface area (Å²) >= 11 is 12.7. The minimum atomic E-state index is 0.545. The number of anilines is 1. The van der Waals surface area contributed by atoms with Gasteiger partial charge in [0, 0.05) is 34.4 Å². The monoisotopic (exact) mass is 430 g/mol. The van der Waals surface area contributed by atoms with Crippen molar-refractivity contribution < 1.29 is 0 Å². The Morgan fingerprint density at radius 3 is 2.45 bits per heavy atom. The molecule has 154 valence electrons. The standard InChI is InChI=1S/C23H28Cl2N4/c1-5-7-17(8-6-2)28-12-11-18-14(3)26-22-21(15(4)27-29(22)23(18)28)19-10-9-16(24)13-20(19)25/h9-10,13,17H,5-8,11-12H2,1-4H3. The third-order valence-electron chi connectivity index (χ3n) is 5.98. The molecule has 0 amide bonds. The van der Waals surface area contributed by atoms with Gasteiger partial charge in [-0.05, 0) is 45.2 Å². The number of aryl methyl sites for hydroxylation is 2. The Morgan fingerprint density at radius 2 is 1.79 bits per heavy atom. The Kier molecular flexibility index (Phi) is 5.76. The number of halogens is 2. The summed E-state index contributed by atoms with van der Waals surface area (Å²) in [7, 11) is 0. The van der Waals surface area contributed by atoms with Crippen LogP contribution in [0.4, 0.5) is 5.82 Å². The van der Waals surface area contributed by atoms with Crippen LogP contribution >= 0.6 is 23.2 Å². The van der Waals surface area contributed by atoms with E-state index < -0.39 is 0 Å². The second kappa shape index (κ2) is 8.16. The van der Waals surface area contributed by atoms with Gasteiger partial charge in [-0.1, -0.05) is 56.0 Å². The number of benzene rings is 1. The predicted molar refractivity (Wildman–Crippen MR) is 123 cm³/mol. The number of aromatic nitrogens is 3. The van der Waals surface area contributed by atoms with E-state index in [4.69, 9.17) is 33.3 Å². The van der Waals surface area contributed by atoms with E-state index in [0.717, 1.165) is 41.1 Å². The molecule has 2 aromatic heterocycles. The first-order valence-corrected chi connectivity index (χ1v) is 11.3. The second-order valence-corrected chi connectivity index (χ2v) is 8.84. The van der Waals surface area contributed by atoms with E-state index in [9.17, 15) is 0 Å². The van der Waals surface area contributed by atoms with Gasteiger partial charge in [0.05, 0.1) is 16.3 Å². The lowest BCUT2D eigenvalue weighted by molar-refractivity contribution is 0.508. The second-order valence-electron chi connectivity index (χ2n) is 7.99. The molecule has 0 bridgehead atoms. The van der Waals surface area contributed by atoms with E-state index in [1.807, 2.05) is 19.1 Å². The molecule has 1 aliphatic rings. The maximum atomic E-state index is 6.55. The highest BCUT2D eigenvalue weighted by molar-refractivity contribution is 6.36. The average Bonchev–Trinajstić information content (AvgIpc) is 3.24. The molecule has 3 aromatic rings. The van der Waals surface area contributed by atoms with Crippen LogP contribution in [0, 0.1) is 13.8 Å². The molecule has 0 fully saturated rings. The molecule has 4 rings (SSSR count). The molecule has 0 spiro atoms. The third kappa shape index (κ3) is 3.51. The summed E-state index contributed by atoms with van der Waals surface area (Å²) in [5, 5.41) is 6.20. The van der Waals surface area contributed by atoms with Gasteiger partial charge in [0.2, 0.25) is 0 Å². The van der Waals surface area contributed by atoms with Crippen LogP contribution in [-0.4, -0.2) is 27.2 Å². The van der Waals surface area contributed by atoms with Crippen LogP contribution in [0.3, 0.4) is 0 Å². The highest BCUT2D eigenvalue weighted by Crippen LogP contribution is 2.39. The third-order valence-corrected chi connectivity index (χ3v) is 6.52. The Hall–Kier alpha value is -1.78. The van der Waals surface area contributed by atoms with Crippen LogP contribution in [0.5, 0.6) is 0 Å². The summed E-state index contributed by atoms with van der Waals surface area (Å²) in [5.41, 5.74) is 6.15. The summed E-state index contributed by atoms with van der Waals surface area (Å²) in [6.45, 7) is 9.73. The lowest BCUT2D eigenvalue weighted by Gasteiger charge is -2.30. The van der Waals surface area contributed by atoms with Crippen molar-refractivity contribution in [3.05, 3.63) is 45.2 Å². The van der Waals surface area contributed by atoms with Crippen molar-refractivity contribution in [3.63, 3.8) is 0 Å². The Balaban J connectivity index is 1.93. The molecule has 0 saturated heterocycles. The number of rotatable bonds is 6. The zero-order valence-corrected chi connectivity index (χ0v) is 19.1. The molecule has 6 heteroatoms. The number of hydrogen-bond acceptors (Lipinski definition) is 3. The highest BCUT2D eigenvalue weighted by Gasteiger charge is 2.31. The summed E-state index contributed by atoms with van der Waals surface area (Å²) < 4.78 is 2.06. The molecule has 1 aromatic carbocycles. The van der Waals surface area contributed by atoms with Crippen LogP contribution in [0.1, 0.15) is 56.5 Å². The minimum absolute atomic E-state index is 0.545. The van der Waals surface area contributed by atoms with E-state index in [-0.39, 0.29) is 0 Å². The molecule has 3 heterocycles. The first kappa shape index (κ1) is 20.5. The van der Waals surface area contributed by atoms with E-state index >= 15 is 0 Å². The van der Waals surface area contributed by atoms with E-state index in [0.29, 0.717) is 16.1 Å². The topological polar surface area (TPSA) is 33.4 Å². The maximum Gasteiger partial charge on any atom is 0.165 e. The van der Waals surface area contributed by atoms with Crippen molar-refractivity contribution in [2.75, 3.05) is 11.4 Å². The van der Waals surface area contributed by atoms with Crippen molar-refractivity contribution in [1.82, 2.24) is 14.6 Å². The zero-order chi connectivity index (χ0) is 20.7. The van der Waals surface area contributed by atoms with Gasteiger partial charge in [0.1, 0.15) is 5.82 Å². The van der Waals surface area contributed by atoms with Gasteiger partial charge in [0.25, 0.3) is 0 Å². The molecule has 0 N–H and O–H groups in total. The Morgan fingerprint density at radius 1 is 1.07 bits per heavy atom. The average molecular weight is 431 g/mol. The van der Waals surface area contributed by atoms with Gasteiger partial charge < -0.3 is 4.90 Å². The van der Waals surface area contributed by atoms with Crippen molar-refractivity contribution >= 4 is 34.7 Å². The van der Waals surface area contributed by atoms with Crippen LogP contribution in [-0.2, 0) is 6.42 Å². The fraction of sp³-hybridized carbons (Fsp3) is 0.478. The van der Waals surface area contributed by atoms with Crippen molar-refractivity contribution in [3.8, 4) is 11.1 Å². The quantitative estimate of drug-likeness (QED) is 0.438. The maximum absolute atomic E-state index is 6.55. The molecular formula is C23H28Cl2N4. The molecule has 0 radical (unpaired) electrons. The first-order chi connectivity index (χ1) is 14.0. The lowest BCUT2D eigenvalue weighted by atomic mass is 10.1. The molecule has 0 saturated carbocycles. The van der Waals surface area contributed by atoms with Gasteiger partial charge in [0.15, 0.2) is 5.65 Å². The fourth-order valence-corrected chi connectivity index (χ4v) is 5.20. The first-order valence-electron chi connectivity index (χ1n) is 10.6. The summed E-state index contributed by atoms with van der Waals surface area (Å²) in [4.78, 5) is 7.55. The predicted octanol–water partition coefficient (Wildman–Crippen LogP) is 6.65. The van der Waals surface area contributed by atoms with E-state index in [1.54, 1.807) is 6.07 Å². The Bertz CT molecular complexity index is 1050. The summed E-state index contributed by atoms with van der Waals surface area (Å²) in [5.74, 6) is 1.22. The van der Waals surface area contributed by atoms with Gasteiger partial charge in [-0.25, -0.2) is 4.98 Å². The fourth-order valence-electron chi connectivity index (χ4n) is 4.69. The van der Waals surface area contributed by atoms with Crippen molar-refractivity contribution in [2.24, 2.45) is 0 Å². The van der Waals surface area contributed by atoms with Gasteiger partial charge >= 0.3 is 0 Å². The molecule has 4 nitrogen and oxygen atoms in total. The van der Waals surface area contributed by atoms with Crippen LogP contribution in [0.15, 0.2) is 18.2 Å². The molecule has 0 unspecified atom stereocenters. The van der Waals surface area contributed by atoms with E-state index in [1.165, 1.54) is 37.1 Å². The zero-order valence-electron chi connectivity index (χ0n) is 17.6. The number of hydrogen-bond donors (Lipinski definition) is 0. The van der Waals surface area contributed by atoms with Crippen LogP contribution < -0.4 is 4.90 Å². The molecule has 0 aliphatic carbocycles. The summed E-state index contributed by atoms with van der Waals surface area (Å²) in [6, 6.07) is 6.17. The molecule has 29 heavy (non-hydrogen) atoms. The molecule has 0 atom stereocenters. The van der Waals surface area contributed by atoms with Crippen molar-refractivity contribution in [1.29, 1.82) is 0 Å². The van der Waals surface area contributed by atoms with Crippen LogP contribution in [0.2, 0.25) is 10.0 Å². The smallest absolute Gasteiger partial charge is 0.165 e. The molecule has 1 aliphatic heterocycles.